The predicted molar refractivity (Wildman–Crippen MR) is 91.9 cm³/mol. The first-order valence-corrected chi connectivity index (χ1v) is 7.69. The highest BCUT2D eigenvalue weighted by molar-refractivity contribution is 5.80. The first kappa shape index (κ1) is 18.0. The van der Waals surface area contributed by atoms with Crippen molar-refractivity contribution >= 4 is 11.9 Å². The molecule has 0 aromatic heterocycles. The van der Waals surface area contributed by atoms with Gasteiger partial charge in [0.25, 0.3) is 0 Å². The summed E-state index contributed by atoms with van der Waals surface area (Å²) in [6.07, 6.45) is 0. The third-order valence-electron chi connectivity index (χ3n) is 3.47. The van der Waals surface area contributed by atoms with Gasteiger partial charge in [-0.05, 0) is 18.1 Å². The van der Waals surface area contributed by atoms with E-state index in [9.17, 15) is 4.79 Å². The molecule has 1 aromatic rings. The fraction of sp³-hybridized carbons (Fsp3) is 0.529. The van der Waals surface area contributed by atoms with Gasteiger partial charge in [0.05, 0.1) is 0 Å². The van der Waals surface area contributed by atoms with Crippen molar-refractivity contribution in [3.8, 4) is 0 Å². The maximum Gasteiger partial charge on any atom is 0.222 e. The molecule has 2 N–H and O–H groups in total. The van der Waals surface area contributed by atoms with Crippen molar-refractivity contribution < 1.29 is 4.79 Å². The van der Waals surface area contributed by atoms with Crippen LogP contribution in [0.3, 0.4) is 0 Å². The molecule has 0 fully saturated rings. The summed E-state index contributed by atoms with van der Waals surface area (Å²) in [6.45, 7) is 7.93. The number of rotatable bonds is 6. The normalized spacial score (nSPS) is 11.5. The van der Waals surface area contributed by atoms with Crippen LogP contribution >= 0.6 is 0 Å². The Morgan fingerprint density at radius 1 is 1.23 bits per heavy atom. The highest BCUT2D eigenvalue weighted by atomic mass is 16.1. The van der Waals surface area contributed by atoms with Gasteiger partial charge < -0.3 is 15.5 Å². The van der Waals surface area contributed by atoms with Crippen molar-refractivity contribution in [1.82, 2.24) is 15.5 Å². The van der Waals surface area contributed by atoms with E-state index in [1.807, 2.05) is 33.0 Å². The van der Waals surface area contributed by atoms with E-state index in [1.54, 1.807) is 7.05 Å². The molecule has 0 radical (unpaired) electrons. The molecule has 0 aliphatic heterocycles. The Kier molecular flexibility index (Phi) is 7.43. The number of hydrogen-bond donors (Lipinski definition) is 2. The smallest absolute Gasteiger partial charge is 0.222 e. The Morgan fingerprint density at radius 3 is 2.45 bits per heavy atom. The first-order chi connectivity index (χ1) is 10.5. The lowest BCUT2D eigenvalue weighted by atomic mass is 10.1. The lowest BCUT2D eigenvalue weighted by Gasteiger charge is -2.23. The minimum absolute atomic E-state index is 0.0167. The average Bonchev–Trinajstić information content (AvgIpc) is 2.49. The summed E-state index contributed by atoms with van der Waals surface area (Å²) in [5.41, 5.74) is 2.55. The van der Waals surface area contributed by atoms with E-state index in [0.717, 1.165) is 12.5 Å². The van der Waals surface area contributed by atoms with E-state index in [4.69, 9.17) is 0 Å². The van der Waals surface area contributed by atoms with Crippen molar-refractivity contribution in [1.29, 1.82) is 0 Å². The second kappa shape index (κ2) is 9.07. The molecule has 0 atom stereocenters. The Bertz CT molecular complexity index is 511. The van der Waals surface area contributed by atoms with Gasteiger partial charge >= 0.3 is 0 Å². The quantitative estimate of drug-likeness (QED) is 0.478. The maximum absolute atomic E-state index is 11.5. The summed E-state index contributed by atoms with van der Waals surface area (Å²) >= 11 is 0. The van der Waals surface area contributed by atoms with Crippen LogP contribution in [0.5, 0.6) is 0 Å². The lowest BCUT2D eigenvalue weighted by Crippen LogP contribution is -2.42. The van der Waals surface area contributed by atoms with Gasteiger partial charge in [-0.1, -0.05) is 38.1 Å². The van der Waals surface area contributed by atoms with Crippen molar-refractivity contribution in [3.05, 3.63) is 35.4 Å². The Labute approximate surface area is 133 Å². The molecular weight excluding hydrogens is 276 g/mol. The van der Waals surface area contributed by atoms with Gasteiger partial charge in [0.1, 0.15) is 0 Å². The largest absolute Gasteiger partial charge is 0.354 e. The van der Waals surface area contributed by atoms with Crippen LogP contribution in [-0.2, 0) is 11.3 Å². The van der Waals surface area contributed by atoms with Gasteiger partial charge in [-0.25, -0.2) is 0 Å². The number of aliphatic imine (C=N–C) groups is 1. The lowest BCUT2D eigenvalue weighted by molar-refractivity contribution is -0.123. The molecule has 22 heavy (non-hydrogen) atoms. The second-order valence-corrected chi connectivity index (χ2v) is 5.70. The summed E-state index contributed by atoms with van der Waals surface area (Å²) in [6, 6.07) is 8.33. The fourth-order valence-corrected chi connectivity index (χ4v) is 2.07. The number of aryl methyl sites for hydroxylation is 1. The van der Waals surface area contributed by atoms with E-state index < -0.39 is 0 Å². The third kappa shape index (κ3) is 5.76. The molecule has 5 heteroatoms. The standard InChI is InChI=1S/C17H28N4O/c1-13(2)16(22)19-10-11-20-17(18-4)21(5)12-15-9-7-6-8-14(15)3/h6-9,13H,10-12H2,1-5H3,(H,18,20)(H,19,22). The Balaban J connectivity index is 2.44. The predicted octanol–water partition coefficient (Wildman–Crippen LogP) is 1.77. The van der Waals surface area contributed by atoms with E-state index in [1.165, 1.54) is 11.1 Å². The molecule has 1 amide bonds. The zero-order valence-corrected chi connectivity index (χ0v) is 14.3. The molecule has 5 nitrogen and oxygen atoms in total. The zero-order chi connectivity index (χ0) is 16.5. The number of carbonyl (C=O) groups excluding carboxylic acids is 1. The van der Waals surface area contributed by atoms with Crippen LogP contribution in [0, 0.1) is 12.8 Å². The molecule has 0 aliphatic carbocycles. The molecule has 0 unspecified atom stereocenters. The second-order valence-electron chi connectivity index (χ2n) is 5.70. The van der Waals surface area contributed by atoms with Crippen LogP contribution in [0.25, 0.3) is 0 Å². The van der Waals surface area contributed by atoms with Crippen LogP contribution in [0.2, 0.25) is 0 Å². The topological polar surface area (TPSA) is 56.7 Å². The van der Waals surface area contributed by atoms with Gasteiger partial charge in [-0.3, -0.25) is 9.79 Å². The average molecular weight is 304 g/mol. The number of carbonyl (C=O) groups is 1. The van der Waals surface area contributed by atoms with Crippen molar-refractivity contribution in [2.24, 2.45) is 10.9 Å². The first-order valence-electron chi connectivity index (χ1n) is 7.69. The number of guanidine groups is 1. The molecule has 0 bridgehead atoms. The van der Waals surface area contributed by atoms with Gasteiger partial charge in [-0.2, -0.15) is 0 Å². The van der Waals surface area contributed by atoms with Gasteiger partial charge in [-0.15, -0.1) is 0 Å². The zero-order valence-electron chi connectivity index (χ0n) is 14.3. The summed E-state index contributed by atoms with van der Waals surface area (Å²) in [5.74, 6) is 0.912. The SMILES string of the molecule is CN=C(NCCNC(=O)C(C)C)N(C)Cc1ccccc1C. The van der Waals surface area contributed by atoms with Crippen molar-refractivity contribution in [3.63, 3.8) is 0 Å². The summed E-state index contributed by atoms with van der Waals surface area (Å²) in [4.78, 5) is 17.9. The molecule has 122 valence electrons. The Hall–Kier alpha value is -2.04. The van der Waals surface area contributed by atoms with Crippen molar-refractivity contribution in [2.75, 3.05) is 27.2 Å². The summed E-state index contributed by atoms with van der Waals surface area (Å²) < 4.78 is 0. The fourth-order valence-electron chi connectivity index (χ4n) is 2.07. The number of hydrogen-bond acceptors (Lipinski definition) is 2. The highest BCUT2D eigenvalue weighted by Gasteiger charge is 2.08. The molecule has 0 spiro atoms. The summed E-state index contributed by atoms with van der Waals surface area (Å²) in [7, 11) is 3.78. The minimum Gasteiger partial charge on any atom is -0.354 e. The van der Waals surface area contributed by atoms with Crippen LogP contribution < -0.4 is 10.6 Å². The van der Waals surface area contributed by atoms with E-state index >= 15 is 0 Å². The van der Waals surface area contributed by atoms with Crippen molar-refractivity contribution in [2.45, 2.75) is 27.3 Å². The maximum atomic E-state index is 11.5. The number of nitrogens with one attached hydrogen (secondary N) is 2. The van der Waals surface area contributed by atoms with Crippen LogP contribution in [0.15, 0.2) is 29.3 Å². The Morgan fingerprint density at radius 2 is 1.86 bits per heavy atom. The monoisotopic (exact) mass is 304 g/mol. The minimum atomic E-state index is 0.0167. The molecule has 0 heterocycles. The number of benzene rings is 1. The van der Waals surface area contributed by atoms with Crippen LogP contribution in [0.4, 0.5) is 0 Å². The number of nitrogens with zero attached hydrogens (tertiary/aromatic N) is 2. The molecule has 1 rings (SSSR count). The summed E-state index contributed by atoms with van der Waals surface area (Å²) in [5, 5.41) is 6.15. The molecule has 1 aromatic carbocycles. The van der Waals surface area contributed by atoms with Crippen LogP contribution in [-0.4, -0.2) is 44.0 Å². The molecular formula is C17H28N4O. The third-order valence-corrected chi connectivity index (χ3v) is 3.47. The van der Waals surface area contributed by atoms with Gasteiger partial charge in [0.15, 0.2) is 5.96 Å². The van der Waals surface area contributed by atoms with E-state index in [-0.39, 0.29) is 11.8 Å². The highest BCUT2D eigenvalue weighted by Crippen LogP contribution is 2.09. The van der Waals surface area contributed by atoms with E-state index in [0.29, 0.717) is 13.1 Å². The van der Waals surface area contributed by atoms with E-state index in [2.05, 4.69) is 39.6 Å². The van der Waals surface area contributed by atoms with Gasteiger partial charge in [0.2, 0.25) is 5.91 Å². The number of amides is 1. The van der Waals surface area contributed by atoms with Gasteiger partial charge in [0, 0.05) is 39.6 Å². The molecule has 0 saturated heterocycles. The van der Waals surface area contributed by atoms with Crippen LogP contribution in [0.1, 0.15) is 25.0 Å². The molecule has 0 saturated carbocycles. The molecule has 0 aliphatic rings.